The summed E-state index contributed by atoms with van der Waals surface area (Å²) in [4.78, 5) is 15.1. The van der Waals surface area contributed by atoms with Crippen LogP contribution in [0.2, 0.25) is 0 Å². The predicted octanol–water partition coefficient (Wildman–Crippen LogP) is 1.65. The van der Waals surface area contributed by atoms with Gasteiger partial charge in [0, 0.05) is 19.1 Å². The van der Waals surface area contributed by atoms with Crippen molar-refractivity contribution in [1.82, 2.24) is 15.0 Å². The van der Waals surface area contributed by atoms with Crippen LogP contribution in [0.4, 0.5) is 17.8 Å². The molecular formula is C13H22N6. The highest BCUT2D eigenvalue weighted by atomic mass is 15.3. The standard InChI is InChI=1S/C13H22N6/c1-9(8-10-4-5-10)15-12-16-11(14)17-13(18-12)19-6-2-3-7-19/h9-10H,2-8H2,1H3,(H3,14,15,16,17,18). The third kappa shape index (κ3) is 3.24. The lowest BCUT2D eigenvalue weighted by atomic mass is 10.2. The molecule has 3 rings (SSSR count). The van der Waals surface area contributed by atoms with Gasteiger partial charge in [-0.2, -0.15) is 15.0 Å². The van der Waals surface area contributed by atoms with Gasteiger partial charge >= 0.3 is 0 Å². The van der Waals surface area contributed by atoms with Crippen LogP contribution in [-0.4, -0.2) is 34.1 Å². The van der Waals surface area contributed by atoms with Gasteiger partial charge in [0.05, 0.1) is 0 Å². The van der Waals surface area contributed by atoms with Crippen LogP contribution >= 0.6 is 0 Å². The first-order chi connectivity index (χ1) is 9.20. The van der Waals surface area contributed by atoms with Gasteiger partial charge in [-0.1, -0.05) is 12.8 Å². The van der Waals surface area contributed by atoms with Crippen molar-refractivity contribution in [3.63, 3.8) is 0 Å². The molecule has 0 aromatic carbocycles. The normalized spacial score (nSPS) is 20.6. The molecule has 1 aliphatic heterocycles. The van der Waals surface area contributed by atoms with E-state index in [-0.39, 0.29) is 0 Å². The van der Waals surface area contributed by atoms with Gasteiger partial charge in [-0.25, -0.2) is 0 Å². The van der Waals surface area contributed by atoms with Crippen LogP contribution in [0.5, 0.6) is 0 Å². The van der Waals surface area contributed by atoms with Crippen LogP contribution in [0.25, 0.3) is 0 Å². The minimum atomic E-state index is 0.304. The summed E-state index contributed by atoms with van der Waals surface area (Å²) in [5, 5.41) is 3.35. The van der Waals surface area contributed by atoms with Gasteiger partial charge in [-0.3, -0.25) is 0 Å². The topological polar surface area (TPSA) is 80.0 Å². The summed E-state index contributed by atoms with van der Waals surface area (Å²) >= 11 is 0. The van der Waals surface area contributed by atoms with Gasteiger partial charge in [0.25, 0.3) is 0 Å². The predicted molar refractivity (Wildman–Crippen MR) is 76.1 cm³/mol. The molecule has 104 valence electrons. The zero-order valence-corrected chi connectivity index (χ0v) is 11.5. The fraction of sp³-hybridized carbons (Fsp3) is 0.769. The van der Waals surface area contributed by atoms with Crippen molar-refractivity contribution in [2.75, 3.05) is 29.0 Å². The van der Waals surface area contributed by atoms with E-state index in [1.807, 2.05) is 0 Å². The second-order valence-corrected chi connectivity index (χ2v) is 5.74. The van der Waals surface area contributed by atoms with Gasteiger partial charge in [0.1, 0.15) is 0 Å². The average Bonchev–Trinajstić information content (AvgIpc) is 2.99. The van der Waals surface area contributed by atoms with Crippen molar-refractivity contribution < 1.29 is 0 Å². The first-order valence-electron chi connectivity index (χ1n) is 7.24. The Hall–Kier alpha value is -1.59. The molecule has 2 fully saturated rings. The maximum atomic E-state index is 5.79. The Morgan fingerprint density at radius 3 is 2.68 bits per heavy atom. The number of nitrogens with one attached hydrogen (secondary N) is 1. The average molecular weight is 262 g/mol. The molecule has 1 unspecified atom stereocenters. The molecule has 1 aromatic heterocycles. The van der Waals surface area contributed by atoms with E-state index < -0.39 is 0 Å². The molecular weight excluding hydrogens is 240 g/mol. The third-order valence-electron chi connectivity index (χ3n) is 3.79. The quantitative estimate of drug-likeness (QED) is 0.840. The Balaban J connectivity index is 1.69. The lowest BCUT2D eigenvalue weighted by molar-refractivity contribution is 0.637. The SMILES string of the molecule is CC(CC1CC1)Nc1nc(N)nc(N2CCCC2)n1. The van der Waals surface area contributed by atoms with Gasteiger partial charge < -0.3 is 16.0 Å². The maximum Gasteiger partial charge on any atom is 0.231 e. The summed E-state index contributed by atoms with van der Waals surface area (Å²) in [7, 11) is 0. The van der Waals surface area contributed by atoms with Gasteiger partial charge in [0.2, 0.25) is 17.8 Å². The van der Waals surface area contributed by atoms with Crippen LogP contribution in [-0.2, 0) is 0 Å². The molecule has 19 heavy (non-hydrogen) atoms. The van der Waals surface area contributed by atoms with E-state index in [2.05, 4.69) is 32.1 Å². The molecule has 1 saturated heterocycles. The molecule has 6 nitrogen and oxygen atoms in total. The van der Waals surface area contributed by atoms with Gasteiger partial charge in [-0.05, 0) is 32.1 Å². The summed E-state index contributed by atoms with van der Waals surface area (Å²) in [5.41, 5.74) is 5.79. The number of hydrogen-bond acceptors (Lipinski definition) is 6. The van der Waals surface area contributed by atoms with Crippen molar-refractivity contribution in [3.05, 3.63) is 0 Å². The number of aromatic nitrogens is 3. The van der Waals surface area contributed by atoms with Crippen molar-refractivity contribution in [3.8, 4) is 0 Å². The molecule has 2 heterocycles. The minimum Gasteiger partial charge on any atom is -0.368 e. The highest BCUT2D eigenvalue weighted by Crippen LogP contribution is 2.33. The van der Waals surface area contributed by atoms with Crippen molar-refractivity contribution in [2.45, 2.75) is 45.1 Å². The number of hydrogen-bond donors (Lipinski definition) is 2. The molecule has 1 aromatic rings. The largest absolute Gasteiger partial charge is 0.368 e. The van der Waals surface area contributed by atoms with Crippen molar-refractivity contribution in [2.24, 2.45) is 5.92 Å². The zero-order chi connectivity index (χ0) is 13.2. The summed E-state index contributed by atoms with van der Waals surface area (Å²) in [6.07, 6.45) is 6.32. The van der Waals surface area contributed by atoms with E-state index >= 15 is 0 Å². The summed E-state index contributed by atoms with van der Waals surface area (Å²) < 4.78 is 0. The van der Waals surface area contributed by atoms with E-state index in [1.165, 1.54) is 32.1 Å². The first kappa shape index (κ1) is 12.4. The highest BCUT2D eigenvalue weighted by Gasteiger charge is 2.24. The van der Waals surface area contributed by atoms with Gasteiger partial charge in [0.15, 0.2) is 0 Å². The van der Waals surface area contributed by atoms with E-state index in [9.17, 15) is 0 Å². The monoisotopic (exact) mass is 262 g/mol. The molecule has 3 N–H and O–H groups in total. The first-order valence-corrected chi connectivity index (χ1v) is 7.24. The van der Waals surface area contributed by atoms with Gasteiger partial charge in [-0.15, -0.1) is 0 Å². The Kier molecular flexibility index (Phi) is 3.40. The smallest absolute Gasteiger partial charge is 0.231 e. The second-order valence-electron chi connectivity index (χ2n) is 5.74. The molecule has 1 atom stereocenters. The lowest BCUT2D eigenvalue weighted by Gasteiger charge is -2.18. The Labute approximate surface area is 113 Å². The molecule has 1 saturated carbocycles. The van der Waals surface area contributed by atoms with Crippen LogP contribution in [0.1, 0.15) is 39.0 Å². The second kappa shape index (κ2) is 5.19. The van der Waals surface area contributed by atoms with E-state index in [0.29, 0.717) is 23.9 Å². The molecule has 1 aliphatic carbocycles. The highest BCUT2D eigenvalue weighted by molar-refractivity contribution is 5.42. The van der Waals surface area contributed by atoms with Crippen LogP contribution in [0, 0.1) is 5.92 Å². The lowest BCUT2D eigenvalue weighted by Crippen LogP contribution is -2.24. The molecule has 6 heteroatoms. The van der Waals surface area contributed by atoms with Crippen LogP contribution in [0.15, 0.2) is 0 Å². The summed E-state index contributed by atoms with van der Waals surface area (Å²) in [5.74, 6) is 2.52. The van der Waals surface area contributed by atoms with Crippen LogP contribution < -0.4 is 16.0 Å². The minimum absolute atomic E-state index is 0.304. The Bertz CT molecular complexity index is 439. The Morgan fingerprint density at radius 2 is 2.00 bits per heavy atom. The fourth-order valence-corrected chi connectivity index (χ4v) is 2.64. The number of nitrogens with two attached hydrogens (primary N) is 1. The summed E-state index contributed by atoms with van der Waals surface area (Å²) in [6, 6.07) is 0.390. The maximum absolute atomic E-state index is 5.79. The fourth-order valence-electron chi connectivity index (χ4n) is 2.64. The number of anilines is 3. The number of nitrogens with zero attached hydrogens (tertiary/aromatic N) is 4. The molecule has 0 spiro atoms. The molecule has 2 aliphatic rings. The van der Waals surface area contributed by atoms with Crippen LogP contribution in [0.3, 0.4) is 0 Å². The molecule has 0 amide bonds. The van der Waals surface area contributed by atoms with Crippen molar-refractivity contribution >= 4 is 17.8 Å². The molecule has 0 bridgehead atoms. The Morgan fingerprint density at radius 1 is 1.26 bits per heavy atom. The number of rotatable bonds is 5. The molecule has 0 radical (unpaired) electrons. The van der Waals surface area contributed by atoms with E-state index in [0.717, 1.165) is 19.0 Å². The van der Waals surface area contributed by atoms with Crippen molar-refractivity contribution in [1.29, 1.82) is 0 Å². The zero-order valence-electron chi connectivity index (χ0n) is 11.5. The summed E-state index contributed by atoms with van der Waals surface area (Å²) in [6.45, 7) is 4.20. The van der Waals surface area contributed by atoms with E-state index in [4.69, 9.17) is 5.73 Å². The number of nitrogen functional groups attached to an aromatic ring is 1. The van der Waals surface area contributed by atoms with E-state index in [1.54, 1.807) is 0 Å². The third-order valence-corrected chi connectivity index (χ3v) is 3.79.